The zero-order valence-electron chi connectivity index (χ0n) is 13.2. The molecular formula is C15H25N5O3. The van der Waals surface area contributed by atoms with Gasteiger partial charge in [-0.1, -0.05) is 12.1 Å². The molecule has 0 saturated heterocycles. The number of rotatable bonds is 9. The molecule has 0 heterocycles. The molecule has 8 nitrogen and oxygen atoms in total. The molecular weight excluding hydrogens is 298 g/mol. The van der Waals surface area contributed by atoms with Gasteiger partial charge in [0.15, 0.2) is 5.96 Å². The van der Waals surface area contributed by atoms with Crippen molar-refractivity contribution in [3.05, 3.63) is 29.8 Å². The van der Waals surface area contributed by atoms with Crippen molar-refractivity contribution in [2.24, 2.45) is 22.2 Å². The van der Waals surface area contributed by atoms with Crippen LogP contribution in [0.4, 0.5) is 0 Å². The van der Waals surface area contributed by atoms with Crippen molar-refractivity contribution in [2.75, 3.05) is 20.3 Å². The number of hydrogen-bond donors (Lipinski definition) is 5. The van der Waals surface area contributed by atoms with Crippen LogP contribution in [0.15, 0.2) is 29.3 Å². The number of nitrogens with one attached hydrogen (secondary N) is 1. The second-order valence-corrected chi connectivity index (χ2v) is 5.07. The average molecular weight is 323 g/mol. The maximum absolute atomic E-state index is 12.1. The van der Waals surface area contributed by atoms with Gasteiger partial charge >= 0.3 is 0 Å². The molecule has 0 saturated carbocycles. The maximum Gasteiger partial charge on any atom is 0.237 e. The number of aliphatic imine (C=N–C) groups is 1. The summed E-state index contributed by atoms with van der Waals surface area (Å²) in [6, 6.07) is 5.89. The van der Waals surface area contributed by atoms with Crippen molar-refractivity contribution in [1.29, 1.82) is 0 Å². The normalized spacial score (nSPS) is 13.0. The minimum atomic E-state index is -0.684. The van der Waals surface area contributed by atoms with E-state index in [1.165, 1.54) is 0 Å². The van der Waals surface area contributed by atoms with Crippen LogP contribution in [-0.2, 0) is 4.79 Å². The number of benzene rings is 1. The van der Waals surface area contributed by atoms with Gasteiger partial charge in [-0.2, -0.15) is 0 Å². The number of aliphatic hydroxyl groups excluding tert-OH is 1. The standard InChI is InChI=1S/C15H25N5O3/c1-23-11-6-4-10(5-7-11)13(9-21)20-14(22)12(16)3-2-8-19-15(17)18/h4-7,12-13,21H,2-3,8-9,16H2,1H3,(H,20,22)(H4,17,18,19)/t12-,13?/m1/s1. The molecule has 0 aliphatic heterocycles. The van der Waals surface area contributed by atoms with E-state index in [1.54, 1.807) is 31.4 Å². The minimum Gasteiger partial charge on any atom is -0.497 e. The van der Waals surface area contributed by atoms with Gasteiger partial charge in [0.1, 0.15) is 5.75 Å². The van der Waals surface area contributed by atoms with Gasteiger partial charge in [-0.3, -0.25) is 9.79 Å². The summed E-state index contributed by atoms with van der Waals surface area (Å²) < 4.78 is 5.08. The first kappa shape index (κ1) is 18.7. The van der Waals surface area contributed by atoms with Gasteiger partial charge in [0.05, 0.1) is 25.8 Å². The van der Waals surface area contributed by atoms with Gasteiger partial charge in [-0.25, -0.2) is 0 Å². The summed E-state index contributed by atoms with van der Waals surface area (Å²) in [4.78, 5) is 15.9. The van der Waals surface area contributed by atoms with E-state index in [4.69, 9.17) is 21.9 Å². The van der Waals surface area contributed by atoms with Crippen LogP contribution in [0.1, 0.15) is 24.4 Å². The molecule has 0 spiro atoms. The smallest absolute Gasteiger partial charge is 0.237 e. The van der Waals surface area contributed by atoms with Crippen LogP contribution in [0.3, 0.4) is 0 Å². The summed E-state index contributed by atoms with van der Waals surface area (Å²) in [7, 11) is 1.57. The number of amides is 1. The van der Waals surface area contributed by atoms with E-state index in [0.717, 1.165) is 5.56 Å². The maximum atomic E-state index is 12.1. The molecule has 8 heteroatoms. The van der Waals surface area contributed by atoms with Crippen LogP contribution in [0.5, 0.6) is 5.75 Å². The fourth-order valence-corrected chi connectivity index (χ4v) is 2.00. The number of nitrogens with zero attached hydrogens (tertiary/aromatic N) is 1. The number of ether oxygens (including phenoxy) is 1. The highest BCUT2D eigenvalue weighted by Gasteiger charge is 2.18. The highest BCUT2D eigenvalue weighted by molar-refractivity contribution is 5.81. The van der Waals surface area contributed by atoms with Crippen LogP contribution in [0.25, 0.3) is 0 Å². The highest BCUT2D eigenvalue weighted by Crippen LogP contribution is 2.17. The molecule has 1 aromatic rings. The molecule has 0 aromatic heterocycles. The first-order chi connectivity index (χ1) is 11.0. The Labute approximate surface area is 135 Å². The van der Waals surface area contributed by atoms with Crippen molar-refractivity contribution in [3.63, 3.8) is 0 Å². The molecule has 0 fully saturated rings. The third-order valence-corrected chi connectivity index (χ3v) is 3.32. The number of carbonyl (C=O) groups excluding carboxylic acids is 1. The number of hydrogen-bond acceptors (Lipinski definition) is 5. The summed E-state index contributed by atoms with van der Waals surface area (Å²) in [5.41, 5.74) is 17.0. The molecule has 0 aliphatic carbocycles. The van der Waals surface area contributed by atoms with Gasteiger partial charge in [0.25, 0.3) is 0 Å². The Hall–Kier alpha value is -2.32. The van der Waals surface area contributed by atoms with Crippen molar-refractivity contribution in [1.82, 2.24) is 5.32 Å². The predicted octanol–water partition coefficient (Wildman–Crippen LogP) is -0.774. The summed E-state index contributed by atoms with van der Waals surface area (Å²) in [5.74, 6) is 0.389. The van der Waals surface area contributed by atoms with E-state index < -0.39 is 12.1 Å². The number of aliphatic hydroxyl groups is 1. The Morgan fingerprint density at radius 2 is 2.00 bits per heavy atom. The van der Waals surface area contributed by atoms with Gasteiger partial charge in [-0.15, -0.1) is 0 Å². The predicted molar refractivity (Wildman–Crippen MR) is 88.8 cm³/mol. The number of guanidine groups is 1. The molecule has 1 unspecified atom stereocenters. The van der Waals surface area contributed by atoms with Crippen LogP contribution >= 0.6 is 0 Å². The van der Waals surface area contributed by atoms with Crippen molar-refractivity contribution in [3.8, 4) is 5.75 Å². The SMILES string of the molecule is COc1ccc(C(CO)NC(=O)[C@H](N)CCCN=C(N)N)cc1. The molecule has 128 valence electrons. The van der Waals surface area contributed by atoms with E-state index in [0.29, 0.717) is 25.1 Å². The Morgan fingerprint density at radius 1 is 1.35 bits per heavy atom. The minimum absolute atomic E-state index is 0.0165. The second kappa shape index (κ2) is 9.65. The lowest BCUT2D eigenvalue weighted by molar-refractivity contribution is -0.123. The highest BCUT2D eigenvalue weighted by atomic mass is 16.5. The quantitative estimate of drug-likeness (QED) is 0.229. The van der Waals surface area contributed by atoms with Gasteiger partial charge in [-0.05, 0) is 30.5 Å². The molecule has 23 heavy (non-hydrogen) atoms. The van der Waals surface area contributed by atoms with Crippen molar-refractivity contribution < 1.29 is 14.6 Å². The molecule has 0 bridgehead atoms. The zero-order chi connectivity index (χ0) is 17.2. The third-order valence-electron chi connectivity index (χ3n) is 3.32. The van der Waals surface area contributed by atoms with Crippen LogP contribution in [-0.4, -0.2) is 43.3 Å². The molecule has 1 aromatic carbocycles. The molecule has 2 atom stereocenters. The summed E-state index contributed by atoms with van der Waals surface area (Å²) >= 11 is 0. The number of nitrogens with two attached hydrogens (primary N) is 3. The van der Waals surface area contributed by atoms with E-state index in [2.05, 4.69) is 10.3 Å². The van der Waals surface area contributed by atoms with Crippen LogP contribution in [0.2, 0.25) is 0 Å². The molecule has 1 rings (SSSR count). The lowest BCUT2D eigenvalue weighted by atomic mass is 10.1. The third kappa shape index (κ3) is 6.54. The molecule has 1 amide bonds. The Bertz CT molecular complexity index is 514. The summed E-state index contributed by atoms with van der Waals surface area (Å²) in [5, 5.41) is 12.2. The molecule has 8 N–H and O–H groups in total. The Kier molecular flexibility index (Phi) is 7.86. The number of methoxy groups -OCH3 is 1. The van der Waals surface area contributed by atoms with E-state index in [9.17, 15) is 9.90 Å². The van der Waals surface area contributed by atoms with Gasteiger partial charge < -0.3 is 32.4 Å². The second-order valence-electron chi connectivity index (χ2n) is 5.07. The first-order valence-electron chi connectivity index (χ1n) is 7.34. The average Bonchev–Trinajstić information content (AvgIpc) is 2.56. The topological polar surface area (TPSA) is 149 Å². The van der Waals surface area contributed by atoms with E-state index in [-0.39, 0.29) is 18.5 Å². The Balaban J connectivity index is 2.52. The summed E-state index contributed by atoms with van der Waals surface area (Å²) in [6.07, 6.45) is 1.04. The van der Waals surface area contributed by atoms with Crippen LogP contribution < -0.4 is 27.3 Å². The van der Waals surface area contributed by atoms with Crippen LogP contribution in [0, 0.1) is 0 Å². The van der Waals surface area contributed by atoms with Crippen molar-refractivity contribution >= 4 is 11.9 Å². The lowest BCUT2D eigenvalue weighted by Crippen LogP contribution is -2.43. The summed E-state index contributed by atoms with van der Waals surface area (Å²) in [6.45, 7) is 0.198. The van der Waals surface area contributed by atoms with E-state index >= 15 is 0 Å². The van der Waals surface area contributed by atoms with Crippen molar-refractivity contribution in [2.45, 2.75) is 24.9 Å². The lowest BCUT2D eigenvalue weighted by Gasteiger charge is -2.19. The van der Waals surface area contributed by atoms with E-state index in [1.807, 2.05) is 0 Å². The molecule has 0 radical (unpaired) electrons. The van der Waals surface area contributed by atoms with Gasteiger partial charge in [0, 0.05) is 6.54 Å². The fraction of sp³-hybridized carbons (Fsp3) is 0.467. The zero-order valence-corrected chi connectivity index (χ0v) is 13.2. The molecule has 0 aliphatic rings. The van der Waals surface area contributed by atoms with Gasteiger partial charge in [0.2, 0.25) is 5.91 Å². The first-order valence-corrected chi connectivity index (χ1v) is 7.34. The fourth-order valence-electron chi connectivity index (χ4n) is 2.00. The Morgan fingerprint density at radius 3 is 2.52 bits per heavy atom. The number of carbonyl (C=O) groups is 1. The monoisotopic (exact) mass is 323 g/mol. The largest absolute Gasteiger partial charge is 0.497 e.